The molecular formula is C67H42N4. The zero-order valence-corrected chi connectivity index (χ0v) is 38.5. The van der Waals surface area contributed by atoms with E-state index >= 15 is 0 Å². The maximum absolute atomic E-state index is 5.52. The summed E-state index contributed by atoms with van der Waals surface area (Å²) in [6, 6.07) is 91.6. The Balaban J connectivity index is 1.11. The van der Waals surface area contributed by atoms with Crippen LogP contribution in [0.4, 0.5) is 0 Å². The normalized spacial score (nSPS) is 11.7. The predicted molar refractivity (Wildman–Crippen MR) is 297 cm³/mol. The second kappa shape index (κ2) is 16.6. The zero-order chi connectivity index (χ0) is 46.8. The summed E-state index contributed by atoms with van der Waals surface area (Å²) >= 11 is 0. The molecule has 14 rings (SSSR count). The summed E-state index contributed by atoms with van der Waals surface area (Å²) in [5.74, 6) is 1.83. The summed E-state index contributed by atoms with van der Waals surface area (Å²) < 4.78 is 2.50. The molecule has 0 saturated carbocycles. The number of aromatic nitrogens is 4. The van der Waals surface area contributed by atoms with E-state index in [0.29, 0.717) is 17.5 Å². The van der Waals surface area contributed by atoms with Crippen LogP contribution in [0.5, 0.6) is 0 Å². The molecule has 14 aromatic rings. The van der Waals surface area contributed by atoms with Gasteiger partial charge >= 0.3 is 0 Å². The van der Waals surface area contributed by atoms with Crippen molar-refractivity contribution in [3.05, 3.63) is 255 Å². The van der Waals surface area contributed by atoms with E-state index in [1.54, 1.807) is 0 Å². The van der Waals surface area contributed by atoms with Crippen molar-refractivity contribution in [2.45, 2.75) is 0 Å². The Kier molecular flexibility index (Phi) is 9.49. The molecule has 0 fully saturated rings. The number of benzene rings is 12. The first-order valence-electron chi connectivity index (χ1n) is 24.2. The molecule has 0 bridgehead atoms. The molecule has 71 heavy (non-hydrogen) atoms. The van der Waals surface area contributed by atoms with E-state index < -0.39 is 0 Å². The van der Waals surface area contributed by atoms with Gasteiger partial charge in [0.15, 0.2) is 17.5 Å². The molecule has 0 unspecified atom stereocenters. The third-order valence-electron chi connectivity index (χ3n) is 14.2. The van der Waals surface area contributed by atoms with Crippen LogP contribution in [0.2, 0.25) is 0 Å². The SMILES string of the molecule is c1ccc(-c2ccc(-c3c(-n4c5cc6ccccc6cc5c5cc6ccccc6cc54)ccc(-c4nc(-c5ccc6ccccc6c5)nc(-c5cccc6ccccc56)n4)c3-c3ccccc3)cc2)cc1. The third-order valence-corrected chi connectivity index (χ3v) is 14.2. The van der Waals surface area contributed by atoms with Crippen LogP contribution < -0.4 is 0 Å². The monoisotopic (exact) mass is 902 g/mol. The Morgan fingerprint density at radius 1 is 0.239 bits per heavy atom. The van der Waals surface area contributed by atoms with Crippen LogP contribution in [0.25, 0.3) is 138 Å². The largest absolute Gasteiger partial charge is 0.309 e. The van der Waals surface area contributed by atoms with Crippen molar-refractivity contribution >= 4 is 64.9 Å². The van der Waals surface area contributed by atoms with Crippen molar-refractivity contribution in [1.29, 1.82) is 0 Å². The number of hydrogen-bond acceptors (Lipinski definition) is 3. The van der Waals surface area contributed by atoms with E-state index in [9.17, 15) is 0 Å². The molecule has 2 aromatic heterocycles. The van der Waals surface area contributed by atoms with Gasteiger partial charge in [-0.05, 0) is 108 Å². The van der Waals surface area contributed by atoms with Crippen molar-refractivity contribution in [2.24, 2.45) is 0 Å². The Morgan fingerprint density at radius 3 is 1.34 bits per heavy atom. The minimum atomic E-state index is 0.595. The Hall–Kier alpha value is -9.51. The fourth-order valence-corrected chi connectivity index (χ4v) is 10.8. The summed E-state index contributed by atoms with van der Waals surface area (Å²) in [5.41, 5.74) is 12.7. The second-order valence-electron chi connectivity index (χ2n) is 18.4. The predicted octanol–water partition coefficient (Wildman–Crippen LogP) is 17.6. The molecule has 0 saturated heterocycles. The smallest absolute Gasteiger partial charge is 0.164 e. The standard InChI is InChI=1S/C67H42N4/c1-3-16-43(17-4-1)45-30-33-48(34-31-45)64-60(71-61-41-52-25-11-9-23-50(52)39-58(61)59-40-51-24-10-12-26-53(51)42-62(59)71)37-36-57(63(64)47-20-5-2-6-21-47)67-69-65(54-35-32-44-18-7-8-22-49(44)38-54)68-66(70-67)56-29-15-27-46-19-13-14-28-55(46)56/h1-42H. The first-order valence-corrected chi connectivity index (χ1v) is 24.2. The van der Waals surface area contributed by atoms with Gasteiger partial charge in [-0.25, -0.2) is 15.0 Å². The zero-order valence-electron chi connectivity index (χ0n) is 38.5. The second-order valence-corrected chi connectivity index (χ2v) is 18.4. The van der Waals surface area contributed by atoms with Gasteiger partial charge in [0.25, 0.3) is 0 Å². The van der Waals surface area contributed by atoms with E-state index in [4.69, 9.17) is 15.0 Å². The fraction of sp³-hybridized carbons (Fsp3) is 0. The first-order chi connectivity index (χ1) is 35.2. The molecule has 0 spiro atoms. The lowest BCUT2D eigenvalue weighted by Gasteiger charge is -2.22. The number of fused-ring (bicyclic) bond motifs is 7. The van der Waals surface area contributed by atoms with Gasteiger partial charge in [-0.1, -0.05) is 212 Å². The van der Waals surface area contributed by atoms with Gasteiger partial charge in [-0.15, -0.1) is 0 Å². The molecule has 0 radical (unpaired) electrons. The molecule has 4 nitrogen and oxygen atoms in total. The van der Waals surface area contributed by atoms with Crippen molar-refractivity contribution in [2.75, 3.05) is 0 Å². The fourth-order valence-electron chi connectivity index (χ4n) is 10.8. The molecule has 0 aliphatic carbocycles. The van der Waals surface area contributed by atoms with E-state index in [0.717, 1.165) is 82.8 Å². The Labute approximate surface area is 410 Å². The molecule has 0 aliphatic rings. The molecule has 4 heteroatoms. The highest BCUT2D eigenvalue weighted by Gasteiger charge is 2.25. The summed E-state index contributed by atoms with van der Waals surface area (Å²) in [6.45, 7) is 0. The van der Waals surface area contributed by atoms with Crippen LogP contribution in [0.3, 0.4) is 0 Å². The maximum Gasteiger partial charge on any atom is 0.164 e. The van der Waals surface area contributed by atoms with Gasteiger partial charge in [0.1, 0.15) is 0 Å². The van der Waals surface area contributed by atoms with Crippen LogP contribution in [-0.2, 0) is 0 Å². The Bertz CT molecular complexity index is 4290. The molecule has 0 atom stereocenters. The Morgan fingerprint density at radius 2 is 0.690 bits per heavy atom. The van der Waals surface area contributed by atoms with Gasteiger partial charge in [0.2, 0.25) is 0 Å². The lowest BCUT2D eigenvalue weighted by atomic mass is 9.87. The summed E-state index contributed by atoms with van der Waals surface area (Å²) in [4.78, 5) is 16.3. The average Bonchev–Trinajstić information content (AvgIpc) is 3.74. The highest BCUT2D eigenvalue weighted by molar-refractivity contribution is 6.17. The maximum atomic E-state index is 5.52. The number of hydrogen-bond donors (Lipinski definition) is 0. The lowest BCUT2D eigenvalue weighted by Crippen LogP contribution is -2.04. The quantitative estimate of drug-likeness (QED) is 0.160. The van der Waals surface area contributed by atoms with Gasteiger partial charge < -0.3 is 4.57 Å². The molecule has 12 aromatic carbocycles. The molecule has 0 N–H and O–H groups in total. The lowest BCUT2D eigenvalue weighted by molar-refractivity contribution is 1.08. The molecule has 330 valence electrons. The molecule has 0 amide bonds. The minimum Gasteiger partial charge on any atom is -0.309 e. The summed E-state index contributed by atoms with van der Waals surface area (Å²) in [5, 5.41) is 11.7. The van der Waals surface area contributed by atoms with Crippen molar-refractivity contribution < 1.29 is 0 Å². The van der Waals surface area contributed by atoms with E-state index in [1.165, 1.54) is 37.9 Å². The van der Waals surface area contributed by atoms with Gasteiger partial charge in [-0.3, -0.25) is 0 Å². The summed E-state index contributed by atoms with van der Waals surface area (Å²) in [6.07, 6.45) is 0. The highest BCUT2D eigenvalue weighted by atomic mass is 15.0. The van der Waals surface area contributed by atoms with E-state index in [-0.39, 0.29) is 0 Å². The average molecular weight is 903 g/mol. The van der Waals surface area contributed by atoms with Gasteiger partial charge in [0.05, 0.1) is 16.7 Å². The van der Waals surface area contributed by atoms with Gasteiger partial charge in [-0.2, -0.15) is 0 Å². The summed E-state index contributed by atoms with van der Waals surface area (Å²) in [7, 11) is 0. The van der Waals surface area contributed by atoms with Crippen molar-refractivity contribution in [3.63, 3.8) is 0 Å². The van der Waals surface area contributed by atoms with Crippen LogP contribution in [0.1, 0.15) is 0 Å². The van der Waals surface area contributed by atoms with Crippen LogP contribution >= 0.6 is 0 Å². The highest BCUT2D eigenvalue weighted by Crippen LogP contribution is 2.47. The number of nitrogens with zero attached hydrogens (tertiary/aromatic N) is 4. The first kappa shape index (κ1) is 40.5. The van der Waals surface area contributed by atoms with Crippen LogP contribution in [0.15, 0.2) is 255 Å². The van der Waals surface area contributed by atoms with Crippen molar-refractivity contribution in [1.82, 2.24) is 19.5 Å². The van der Waals surface area contributed by atoms with E-state index in [1.807, 2.05) is 0 Å². The van der Waals surface area contributed by atoms with E-state index in [2.05, 4.69) is 259 Å². The van der Waals surface area contributed by atoms with Crippen LogP contribution in [-0.4, -0.2) is 19.5 Å². The van der Waals surface area contributed by atoms with Gasteiger partial charge in [0, 0.05) is 38.6 Å². The van der Waals surface area contributed by atoms with Crippen LogP contribution in [0, 0.1) is 0 Å². The minimum absolute atomic E-state index is 0.595. The van der Waals surface area contributed by atoms with Crippen molar-refractivity contribution in [3.8, 4) is 73.2 Å². The molecule has 2 heterocycles. The topological polar surface area (TPSA) is 43.6 Å². The molecular weight excluding hydrogens is 861 g/mol. The number of rotatable bonds is 7. The third kappa shape index (κ3) is 6.96. The molecule has 0 aliphatic heterocycles.